The third kappa shape index (κ3) is 2.04. The number of carbonyl (C=O) groups is 1. The van der Waals surface area contributed by atoms with Crippen molar-refractivity contribution in [2.45, 2.75) is 32.2 Å². The Balaban J connectivity index is 1.78. The zero-order valence-electron chi connectivity index (χ0n) is 11.6. The number of anilines is 1. The smallest absolute Gasteiger partial charge is 0.258 e. The molecule has 0 spiro atoms. The summed E-state index contributed by atoms with van der Waals surface area (Å²) in [5, 5.41) is 0.677. The van der Waals surface area contributed by atoms with Gasteiger partial charge in [0.25, 0.3) is 5.91 Å². The minimum absolute atomic E-state index is 0.0578. The van der Waals surface area contributed by atoms with Crippen molar-refractivity contribution in [1.29, 1.82) is 0 Å². The summed E-state index contributed by atoms with van der Waals surface area (Å²) in [4.78, 5) is 18.8. The van der Waals surface area contributed by atoms with Crippen LogP contribution < -0.4 is 4.90 Å². The predicted molar refractivity (Wildman–Crippen MR) is 82.8 cm³/mol. The quantitative estimate of drug-likeness (QED) is 0.803. The van der Waals surface area contributed by atoms with Crippen molar-refractivity contribution in [3.8, 4) is 0 Å². The van der Waals surface area contributed by atoms with E-state index >= 15 is 0 Å². The highest BCUT2D eigenvalue weighted by atomic mass is 35.5. The molecule has 0 radical (unpaired) electrons. The summed E-state index contributed by atoms with van der Waals surface area (Å²) < 4.78 is 0. The van der Waals surface area contributed by atoms with Crippen LogP contribution in [0.25, 0.3) is 0 Å². The molecule has 3 nitrogen and oxygen atoms in total. The van der Waals surface area contributed by atoms with E-state index in [1.807, 2.05) is 29.4 Å². The summed E-state index contributed by atoms with van der Waals surface area (Å²) >= 11 is 6.04. The number of hydrogen-bond acceptors (Lipinski definition) is 2. The summed E-state index contributed by atoms with van der Waals surface area (Å²) in [5.41, 5.74) is 5.32. The molecule has 0 saturated heterocycles. The minimum atomic E-state index is 0.0578. The van der Waals surface area contributed by atoms with Crippen LogP contribution >= 0.6 is 11.6 Å². The summed E-state index contributed by atoms with van der Waals surface area (Å²) in [7, 11) is 0. The Bertz CT molecular complexity index is 742. The molecule has 2 aromatic rings. The molecule has 2 heterocycles. The van der Waals surface area contributed by atoms with Crippen LogP contribution in [0, 0.1) is 0 Å². The number of benzene rings is 1. The molecule has 21 heavy (non-hydrogen) atoms. The lowest BCUT2D eigenvalue weighted by Gasteiger charge is -2.24. The van der Waals surface area contributed by atoms with E-state index in [-0.39, 0.29) is 5.91 Å². The topological polar surface area (TPSA) is 33.2 Å². The number of halogens is 1. The highest BCUT2D eigenvalue weighted by Crippen LogP contribution is 2.35. The first kappa shape index (κ1) is 12.8. The molecule has 0 fully saturated rings. The van der Waals surface area contributed by atoms with Crippen LogP contribution in [-0.2, 0) is 19.4 Å². The minimum Gasteiger partial charge on any atom is -0.302 e. The van der Waals surface area contributed by atoms with Crippen molar-refractivity contribution < 1.29 is 4.79 Å². The average Bonchev–Trinajstić information content (AvgIpc) is 2.83. The van der Waals surface area contributed by atoms with Crippen LogP contribution in [0.5, 0.6) is 0 Å². The molecule has 1 aromatic heterocycles. The SMILES string of the molecule is O=C1c2ccc(Cl)cc2CN1c1cncc2c1CCCC2. The Kier molecular flexibility index (Phi) is 2.96. The Hall–Kier alpha value is -1.87. The number of rotatable bonds is 1. The van der Waals surface area contributed by atoms with Gasteiger partial charge in [-0.3, -0.25) is 9.78 Å². The van der Waals surface area contributed by atoms with Crippen molar-refractivity contribution in [3.05, 3.63) is 57.9 Å². The van der Waals surface area contributed by atoms with E-state index in [2.05, 4.69) is 4.98 Å². The Morgan fingerprint density at radius 3 is 2.86 bits per heavy atom. The summed E-state index contributed by atoms with van der Waals surface area (Å²) in [6, 6.07) is 5.49. The Morgan fingerprint density at radius 2 is 1.95 bits per heavy atom. The number of aromatic nitrogens is 1. The van der Waals surface area contributed by atoms with Gasteiger partial charge in [-0.1, -0.05) is 11.6 Å². The maximum atomic E-state index is 12.6. The molecule has 0 atom stereocenters. The van der Waals surface area contributed by atoms with Gasteiger partial charge in [0, 0.05) is 16.8 Å². The van der Waals surface area contributed by atoms with Crippen LogP contribution in [0.15, 0.2) is 30.6 Å². The highest BCUT2D eigenvalue weighted by Gasteiger charge is 2.31. The molecule has 1 aliphatic heterocycles. The molecule has 0 bridgehead atoms. The van der Waals surface area contributed by atoms with Crippen LogP contribution in [-0.4, -0.2) is 10.9 Å². The molecule has 0 saturated carbocycles. The second-order valence-electron chi connectivity index (χ2n) is 5.70. The van der Waals surface area contributed by atoms with Crippen molar-refractivity contribution in [3.63, 3.8) is 0 Å². The van der Waals surface area contributed by atoms with Gasteiger partial charge in [0.15, 0.2) is 0 Å². The van der Waals surface area contributed by atoms with Gasteiger partial charge in [0.2, 0.25) is 0 Å². The second-order valence-corrected chi connectivity index (χ2v) is 6.13. The number of hydrogen-bond donors (Lipinski definition) is 0. The van der Waals surface area contributed by atoms with Crippen LogP contribution in [0.1, 0.15) is 39.9 Å². The fourth-order valence-electron chi connectivity index (χ4n) is 3.36. The van der Waals surface area contributed by atoms with E-state index in [0.717, 1.165) is 29.7 Å². The number of carbonyl (C=O) groups excluding carboxylic acids is 1. The average molecular weight is 299 g/mol. The molecule has 2 aliphatic rings. The van der Waals surface area contributed by atoms with Gasteiger partial charge in [0.1, 0.15) is 0 Å². The number of amides is 1. The molecule has 1 aromatic carbocycles. The fraction of sp³-hybridized carbons (Fsp3) is 0.294. The zero-order valence-corrected chi connectivity index (χ0v) is 12.4. The van der Waals surface area contributed by atoms with Gasteiger partial charge < -0.3 is 4.90 Å². The highest BCUT2D eigenvalue weighted by molar-refractivity contribution is 6.31. The zero-order chi connectivity index (χ0) is 14.4. The maximum Gasteiger partial charge on any atom is 0.258 e. The van der Waals surface area contributed by atoms with Crippen molar-refractivity contribution in [1.82, 2.24) is 4.98 Å². The molecular formula is C17H15ClN2O. The van der Waals surface area contributed by atoms with Crippen molar-refractivity contribution >= 4 is 23.2 Å². The van der Waals surface area contributed by atoms with Gasteiger partial charge in [-0.05, 0) is 60.6 Å². The van der Waals surface area contributed by atoms with E-state index in [9.17, 15) is 4.79 Å². The molecule has 0 unspecified atom stereocenters. The predicted octanol–water partition coefficient (Wildman–Crippen LogP) is 3.77. The first-order valence-corrected chi connectivity index (χ1v) is 7.68. The number of pyridine rings is 1. The normalized spacial score (nSPS) is 16.8. The number of nitrogens with zero attached hydrogens (tertiary/aromatic N) is 2. The summed E-state index contributed by atoms with van der Waals surface area (Å²) in [6.45, 7) is 0.590. The molecule has 106 valence electrons. The van der Waals surface area contributed by atoms with Crippen LogP contribution in [0.2, 0.25) is 5.02 Å². The third-order valence-corrected chi connectivity index (χ3v) is 4.64. The first-order valence-electron chi connectivity index (χ1n) is 7.30. The monoisotopic (exact) mass is 298 g/mol. The van der Waals surface area contributed by atoms with E-state index in [1.54, 1.807) is 6.07 Å². The van der Waals surface area contributed by atoms with Gasteiger partial charge in [-0.2, -0.15) is 0 Å². The van der Waals surface area contributed by atoms with Crippen molar-refractivity contribution in [2.24, 2.45) is 0 Å². The first-order chi connectivity index (χ1) is 10.2. The summed E-state index contributed by atoms with van der Waals surface area (Å²) in [6.07, 6.45) is 8.27. The lowest BCUT2D eigenvalue weighted by molar-refractivity contribution is 0.0996. The van der Waals surface area contributed by atoms with Gasteiger partial charge in [-0.15, -0.1) is 0 Å². The maximum absolute atomic E-state index is 12.6. The van der Waals surface area contributed by atoms with E-state index in [0.29, 0.717) is 11.6 Å². The number of aryl methyl sites for hydroxylation is 1. The van der Waals surface area contributed by atoms with Crippen LogP contribution in [0.4, 0.5) is 5.69 Å². The third-order valence-electron chi connectivity index (χ3n) is 4.41. The van der Waals surface area contributed by atoms with Crippen LogP contribution in [0.3, 0.4) is 0 Å². The Labute approximate surface area is 128 Å². The van der Waals surface area contributed by atoms with E-state index in [1.165, 1.54) is 24.0 Å². The van der Waals surface area contributed by atoms with E-state index in [4.69, 9.17) is 11.6 Å². The second kappa shape index (κ2) is 4.85. The van der Waals surface area contributed by atoms with Gasteiger partial charge in [-0.25, -0.2) is 0 Å². The molecule has 1 amide bonds. The van der Waals surface area contributed by atoms with Gasteiger partial charge >= 0.3 is 0 Å². The van der Waals surface area contributed by atoms with E-state index < -0.39 is 0 Å². The lowest BCUT2D eigenvalue weighted by atomic mass is 9.92. The molecule has 4 heteroatoms. The molecule has 1 aliphatic carbocycles. The number of fused-ring (bicyclic) bond motifs is 2. The Morgan fingerprint density at radius 1 is 1.10 bits per heavy atom. The molecular weight excluding hydrogens is 284 g/mol. The molecule has 4 rings (SSSR count). The summed E-state index contributed by atoms with van der Waals surface area (Å²) in [5.74, 6) is 0.0578. The largest absolute Gasteiger partial charge is 0.302 e. The lowest BCUT2D eigenvalue weighted by Crippen LogP contribution is -2.25. The fourth-order valence-corrected chi connectivity index (χ4v) is 3.55. The molecule has 0 N–H and O–H groups in total. The van der Waals surface area contributed by atoms with Crippen molar-refractivity contribution in [2.75, 3.05) is 4.90 Å². The standard InChI is InChI=1S/C17H15ClN2O/c18-13-5-6-15-12(7-13)10-20(17(15)21)16-9-19-8-11-3-1-2-4-14(11)16/h5-9H,1-4,10H2. The van der Waals surface area contributed by atoms with Gasteiger partial charge in [0.05, 0.1) is 18.4 Å².